The number of para-hydroxylation sites is 7. The maximum Gasteiger partial charge on any atom is 1.00 e. The van der Waals surface area contributed by atoms with Crippen molar-refractivity contribution in [3.8, 4) is 122 Å². The van der Waals surface area contributed by atoms with Gasteiger partial charge in [-0.3, -0.25) is 85.2 Å². The summed E-state index contributed by atoms with van der Waals surface area (Å²) in [6, 6.07) is 32.1. The van der Waals surface area contributed by atoms with Gasteiger partial charge in [0.2, 0.25) is 40.2 Å². The van der Waals surface area contributed by atoms with Crippen molar-refractivity contribution in [3.63, 3.8) is 0 Å². The fourth-order valence-electron chi connectivity index (χ4n) is 9.15. The predicted molar refractivity (Wildman–Crippen MR) is 489 cm³/mol. The van der Waals surface area contributed by atoms with Gasteiger partial charge in [0.25, 0.3) is 6.47 Å². The Bertz CT molecular complexity index is 5700. The van der Waals surface area contributed by atoms with E-state index >= 15 is 0 Å². The SMILES string of the molecule is C#C[Si](C)(C)C.C#Cc1cccc([N+](=O)[O-])c1OC.C#Cc1cccc([N+](=O)[O-])c1OC.CC(C)(C)C(=O)OCN=[N+]=[N-].COc1c(-c2cn(COC(=O)C(C)(C)C)nn2)cccc1[N+](=O)[O-].COc1c(-c2cn[nH]n2)cccc1[N+](=O)[O-].COc1c(-c2cn[nH]n2)cccc1[N+](=O)[O-].COc1c(Br)cccc1[N+](=O)[O-].COc1c(C#C[Si](C)(C)C)cccc1[N+](=O)[O-].O=CO[O-].[H-].[K+].[K+].[Na+].[OH-]. The van der Waals surface area contributed by atoms with Crippen molar-refractivity contribution in [2.24, 2.45) is 15.9 Å². The van der Waals surface area contributed by atoms with Gasteiger partial charge in [0, 0.05) is 47.4 Å². The minimum atomic E-state index is -1.51. The van der Waals surface area contributed by atoms with E-state index in [9.17, 15) is 80.4 Å². The van der Waals surface area contributed by atoms with E-state index in [1.807, 2.05) is 0 Å². The Kier molecular flexibility index (Phi) is 62.9. The van der Waals surface area contributed by atoms with Crippen LogP contribution in [0.15, 0.2) is 156 Å². The summed E-state index contributed by atoms with van der Waals surface area (Å²) >= 11 is 3.15. The quantitative estimate of drug-likeness (QED) is 0.00720. The first-order valence-corrected chi connectivity index (χ1v) is 44.9. The molecule has 136 heavy (non-hydrogen) atoms. The number of rotatable bonds is 22. The maximum atomic E-state index is 11.8. The number of terminal acetylenes is 3. The van der Waals surface area contributed by atoms with Crippen molar-refractivity contribution < 1.29 is 241 Å². The molecule has 10 aromatic rings. The van der Waals surface area contributed by atoms with Crippen LogP contribution in [0.2, 0.25) is 39.3 Å². The van der Waals surface area contributed by atoms with Crippen LogP contribution in [0.25, 0.3) is 44.2 Å². The topological polar surface area (TPSA) is 661 Å². The van der Waals surface area contributed by atoms with Crippen molar-refractivity contribution in [3.05, 3.63) is 248 Å². The van der Waals surface area contributed by atoms with Gasteiger partial charge >= 0.3 is 184 Å². The summed E-state index contributed by atoms with van der Waals surface area (Å²) in [6.45, 7) is 22.7. The zero-order chi connectivity index (χ0) is 100. The van der Waals surface area contributed by atoms with Crippen LogP contribution in [0.3, 0.4) is 0 Å². The molecular weight excluding hydrogens is 1950 g/mol. The number of nitro benzene ring substituents is 7. The molecule has 54 heteroatoms. The Labute approximate surface area is 897 Å². The number of ether oxygens (including phenoxy) is 9. The number of H-pyrrole nitrogens is 2. The number of hydrogen-bond acceptors (Lipinski definition) is 36. The second kappa shape index (κ2) is 66.0. The van der Waals surface area contributed by atoms with Gasteiger partial charge < -0.3 is 59.7 Å². The normalized spacial score (nSPS) is 9.60. The smallest absolute Gasteiger partial charge is 1.00 e. The summed E-state index contributed by atoms with van der Waals surface area (Å²) < 4.78 is 46.5. The molecule has 0 radical (unpaired) electrons. The molecule has 0 bridgehead atoms. The van der Waals surface area contributed by atoms with Crippen molar-refractivity contribution in [1.29, 1.82) is 0 Å². The first kappa shape index (κ1) is 130. The fourth-order valence-corrected chi connectivity index (χ4v) is 10.2. The molecular formula is C82H93BrK2N19NaO29Si2. The molecule has 48 nitrogen and oxygen atoms in total. The molecule has 0 spiro atoms. The Balaban J connectivity index is -0.000000479. The molecule has 0 amide bonds. The number of aromatic amines is 2. The molecule has 708 valence electrons. The van der Waals surface area contributed by atoms with Crippen molar-refractivity contribution in [2.45, 2.75) is 87.6 Å². The van der Waals surface area contributed by atoms with Gasteiger partial charge in [-0.1, -0.05) is 110 Å². The molecule has 0 atom stereocenters. The molecule has 3 heterocycles. The van der Waals surface area contributed by atoms with E-state index in [2.05, 4.69) is 145 Å². The van der Waals surface area contributed by atoms with Crippen LogP contribution in [0, 0.1) is 130 Å². The summed E-state index contributed by atoms with van der Waals surface area (Å²) in [5.41, 5.74) is 16.2. The number of azide groups is 1. The third kappa shape index (κ3) is 44.7. The summed E-state index contributed by atoms with van der Waals surface area (Å²) in [5, 5.41) is 114. The molecule has 0 fully saturated rings. The molecule has 0 saturated carbocycles. The van der Waals surface area contributed by atoms with E-state index in [1.165, 1.54) is 134 Å². The van der Waals surface area contributed by atoms with Crippen LogP contribution in [0.5, 0.6) is 40.2 Å². The van der Waals surface area contributed by atoms with Crippen LogP contribution in [-0.2, 0) is 35.5 Å². The van der Waals surface area contributed by atoms with E-state index in [-0.39, 0.29) is 251 Å². The van der Waals surface area contributed by atoms with Gasteiger partial charge in [0.05, 0.1) is 152 Å². The Morgan fingerprint density at radius 3 is 1.05 bits per heavy atom. The van der Waals surface area contributed by atoms with E-state index in [0.29, 0.717) is 54.9 Å². The minimum absolute atomic E-state index is 0. The largest absolute Gasteiger partial charge is 1.00 e. The average Bonchev–Trinajstić information content (AvgIpc) is 1.67. The molecule has 0 aliphatic rings. The number of halogens is 1. The standard InChI is InChI=1S/C15H18N4O5.C12H15NO3Si.2C9H8N4O3.2C9H7NO3.C7H6BrNO3.C6H11N3O2.C5H10Si.CH2O3.2K.Na.H2O.H/c1-15(2,3)14(20)24-9-18-8-11(16-17-18)10-6-5-7-12(19(21)22)13(10)23-4;1-16-12-10(8-9-17(2,3)4)6-5-7-11(12)13(14)15;2*1-16-9-6(7-5-10-12-11-7)3-2-4-8(9)13(14)15;2*1-3-7-5-4-6-8(10(11)12)9(7)13-2;1-12-7-5(8)3-2-4-6(7)9(10)11;1-6(2,3)5(10)11-4-8-9-7;1-5-6(2,3)4;2-1-4-3;;;;;/h5-8H,9H2,1-4H3;5-7H,1-4H3;2*2-5H,1H3,(H,10,11,12);2*1,4-6H,2H3;2-4H,1H3;4H2,1-3H3;1H,2-4H3;1,3H;;;;1H2;/q;;;;;;;;;;3*+1;;-1/p-2. The first-order chi connectivity index (χ1) is 62.1. The third-order valence-corrected chi connectivity index (χ3v) is 17.5. The molecule has 7 aromatic carbocycles. The van der Waals surface area contributed by atoms with Crippen LogP contribution < -0.4 is 171 Å². The number of hydrogen-bond donors (Lipinski definition) is 2. The van der Waals surface area contributed by atoms with Crippen molar-refractivity contribution in [1.82, 2.24) is 45.8 Å². The van der Waals surface area contributed by atoms with Crippen LogP contribution in [0.4, 0.5) is 39.8 Å². The minimum Gasteiger partial charge on any atom is -1.00 e. The Morgan fingerprint density at radius 1 is 0.500 bits per heavy atom. The fraction of sp³-hybridized carbons (Fsp3) is 0.280. The average molecular weight is 2050 g/mol. The van der Waals surface area contributed by atoms with Gasteiger partial charge in [0.1, 0.15) is 33.2 Å². The van der Waals surface area contributed by atoms with E-state index < -0.39 is 61.4 Å². The number of methoxy groups -OCH3 is 7. The summed E-state index contributed by atoms with van der Waals surface area (Å²) in [7, 11) is 7.02. The maximum absolute atomic E-state index is 11.8. The monoisotopic (exact) mass is 2040 g/mol. The number of aromatic nitrogens is 9. The second-order valence-electron chi connectivity index (χ2n) is 28.8. The molecule has 3 N–H and O–H groups in total. The Hall–Kier alpha value is -12.6. The molecule has 0 aliphatic heterocycles. The first-order valence-electron chi connectivity index (χ1n) is 37.1. The van der Waals surface area contributed by atoms with Gasteiger partial charge in [0.15, 0.2) is 13.5 Å². The van der Waals surface area contributed by atoms with Crippen molar-refractivity contribution >= 4 is 90.3 Å². The molecule has 10 rings (SSSR count). The number of nitro groups is 7. The van der Waals surface area contributed by atoms with Gasteiger partial charge in [-0.05, 0) is 105 Å². The van der Waals surface area contributed by atoms with Crippen LogP contribution in [-0.4, -0.2) is 177 Å². The van der Waals surface area contributed by atoms with E-state index in [4.69, 9.17) is 72.7 Å². The number of carbonyl (C=O) groups excluding carboxylic acids is 3. The third-order valence-electron chi connectivity index (χ3n) is 15.1. The molecule has 0 aliphatic carbocycles. The number of carbonyl (C=O) groups is 3. The number of esters is 2. The van der Waals surface area contributed by atoms with Crippen LogP contribution in [0.1, 0.15) is 59.7 Å². The second-order valence-corrected chi connectivity index (χ2v) is 39.2. The molecule has 0 unspecified atom stereocenters. The zero-order valence-corrected chi connectivity index (χ0v) is 89.8. The van der Waals surface area contributed by atoms with Gasteiger partial charge in [-0.25, -0.2) is 4.68 Å². The summed E-state index contributed by atoms with van der Waals surface area (Å²) in [4.78, 5) is 108. The summed E-state index contributed by atoms with van der Waals surface area (Å²) in [5.74, 6) is 8.09. The summed E-state index contributed by atoms with van der Waals surface area (Å²) in [6.07, 6.45) is 19.9. The molecule has 0 saturated heterocycles. The van der Waals surface area contributed by atoms with E-state index in [0.717, 1.165) is 0 Å². The van der Waals surface area contributed by atoms with Gasteiger partial charge in [-0.15, -0.1) is 35.5 Å². The number of benzene rings is 7. The molecule has 3 aromatic heterocycles. The predicted octanol–water partition coefficient (Wildman–Crippen LogP) is 6.28. The van der Waals surface area contributed by atoms with E-state index in [1.54, 1.807) is 108 Å². The van der Waals surface area contributed by atoms with Crippen molar-refractivity contribution in [2.75, 3.05) is 56.5 Å². The van der Waals surface area contributed by atoms with Crippen LogP contribution >= 0.6 is 15.9 Å². The zero-order valence-electron chi connectivity index (χ0n) is 78.9. The Morgan fingerprint density at radius 2 is 0.787 bits per heavy atom. The number of nitrogens with zero attached hydrogens (tertiary/aromatic N) is 17. The number of nitrogens with one attached hydrogen (secondary N) is 2. The van der Waals surface area contributed by atoms with Gasteiger partial charge in [-0.2, -0.15) is 30.8 Å².